The third kappa shape index (κ3) is 5.33. The molecule has 0 unspecified atom stereocenters. The largest absolute Gasteiger partial charge is 0.493 e. The molecule has 3 aromatic rings. The monoisotopic (exact) mass is 482 g/mol. The van der Waals surface area contributed by atoms with Gasteiger partial charge < -0.3 is 19.2 Å². The van der Waals surface area contributed by atoms with Crippen molar-refractivity contribution < 1.29 is 14.2 Å². The maximum atomic E-state index is 13.1. The van der Waals surface area contributed by atoms with Gasteiger partial charge in [-0.2, -0.15) is 0 Å². The van der Waals surface area contributed by atoms with Gasteiger partial charge in [-0.05, 0) is 48.2 Å². The molecule has 35 heavy (non-hydrogen) atoms. The molecule has 1 aliphatic heterocycles. The van der Waals surface area contributed by atoms with E-state index in [0.717, 1.165) is 49.0 Å². The summed E-state index contributed by atoms with van der Waals surface area (Å²) >= 11 is 0. The van der Waals surface area contributed by atoms with Gasteiger partial charge in [-0.25, -0.2) is 4.68 Å². The normalized spacial score (nSPS) is 19.0. The van der Waals surface area contributed by atoms with Crippen molar-refractivity contribution >= 4 is 10.9 Å². The highest BCUT2D eigenvalue weighted by Crippen LogP contribution is 2.31. The van der Waals surface area contributed by atoms with E-state index in [1.807, 2.05) is 16.8 Å². The molecule has 2 aromatic heterocycles. The summed E-state index contributed by atoms with van der Waals surface area (Å²) in [7, 11) is 3.20. The van der Waals surface area contributed by atoms with Crippen molar-refractivity contribution in [2.75, 3.05) is 20.8 Å². The van der Waals surface area contributed by atoms with Gasteiger partial charge in [-0.1, -0.05) is 19.3 Å². The second-order valence-corrected chi connectivity index (χ2v) is 9.53. The Morgan fingerprint density at radius 2 is 1.86 bits per heavy atom. The molecule has 3 heterocycles. The second kappa shape index (κ2) is 10.7. The summed E-state index contributed by atoms with van der Waals surface area (Å²) in [4.78, 5) is 18.5. The van der Waals surface area contributed by atoms with Crippen LogP contribution in [0.25, 0.3) is 10.9 Å². The predicted octanol–water partition coefficient (Wildman–Crippen LogP) is 3.05. The van der Waals surface area contributed by atoms with Crippen LogP contribution < -0.4 is 15.0 Å². The summed E-state index contributed by atoms with van der Waals surface area (Å²) in [5.74, 6) is 2.04. The summed E-state index contributed by atoms with van der Waals surface area (Å²) in [6.45, 7) is 2.58. The Hall–Kier alpha value is -2.98. The zero-order valence-corrected chi connectivity index (χ0v) is 20.5. The first-order valence-corrected chi connectivity index (χ1v) is 12.5. The lowest BCUT2D eigenvalue weighted by molar-refractivity contribution is 0.0893. The van der Waals surface area contributed by atoms with E-state index >= 15 is 0 Å². The average Bonchev–Trinajstić information content (AvgIpc) is 3.56. The molecule has 0 bridgehead atoms. The number of H-pyrrole nitrogens is 1. The molecule has 188 valence electrons. The molecule has 1 aliphatic carbocycles. The topological polar surface area (TPSA) is 107 Å². The first-order chi connectivity index (χ1) is 17.1. The maximum absolute atomic E-state index is 13.1. The number of benzene rings is 1. The van der Waals surface area contributed by atoms with E-state index in [9.17, 15) is 4.79 Å². The van der Waals surface area contributed by atoms with Crippen LogP contribution >= 0.6 is 0 Å². The van der Waals surface area contributed by atoms with Crippen LogP contribution in [-0.2, 0) is 24.4 Å². The van der Waals surface area contributed by atoms with Crippen LogP contribution in [-0.4, -0.2) is 63.1 Å². The quantitative estimate of drug-likeness (QED) is 0.496. The number of methoxy groups -OCH3 is 2. The van der Waals surface area contributed by atoms with Gasteiger partial charge in [-0.3, -0.25) is 9.69 Å². The summed E-state index contributed by atoms with van der Waals surface area (Å²) in [6.07, 6.45) is 8.17. The minimum atomic E-state index is -0.0931. The number of hydrogen-bond donors (Lipinski definition) is 1. The second-order valence-electron chi connectivity index (χ2n) is 9.53. The van der Waals surface area contributed by atoms with Crippen LogP contribution in [0.3, 0.4) is 0 Å². The number of nitrogens with zero attached hydrogens (tertiary/aromatic N) is 5. The highest BCUT2D eigenvalue weighted by molar-refractivity contribution is 5.83. The molecule has 1 atom stereocenters. The fourth-order valence-electron chi connectivity index (χ4n) is 5.32. The van der Waals surface area contributed by atoms with Crippen molar-refractivity contribution in [3.63, 3.8) is 0 Å². The van der Waals surface area contributed by atoms with Gasteiger partial charge in [0.25, 0.3) is 5.56 Å². The molecule has 0 spiro atoms. The number of aromatic amines is 1. The Morgan fingerprint density at radius 1 is 1.06 bits per heavy atom. The van der Waals surface area contributed by atoms with E-state index in [2.05, 4.69) is 25.4 Å². The van der Waals surface area contributed by atoms with E-state index in [1.54, 1.807) is 20.3 Å². The van der Waals surface area contributed by atoms with E-state index in [0.29, 0.717) is 42.7 Å². The van der Waals surface area contributed by atoms with Gasteiger partial charge in [0.15, 0.2) is 17.3 Å². The van der Waals surface area contributed by atoms with Crippen molar-refractivity contribution in [1.82, 2.24) is 30.1 Å². The van der Waals surface area contributed by atoms with E-state index in [-0.39, 0.29) is 11.7 Å². The van der Waals surface area contributed by atoms with E-state index in [4.69, 9.17) is 14.2 Å². The minimum Gasteiger partial charge on any atom is -0.493 e. The summed E-state index contributed by atoms with van der Waals surface area (Å²) < 4.78 is 18.5. The number of nitrogens with one attached hydrogen (secondary N) is 1. The SMILES string of the molecule is COc1cc2cc(CN(Cc3nnnn3C[C@@H]3CCCO3)C3CCCCC3)c(=O)[nH]c2cc1OC. The lowest BCUT2D eigenvalue weighted by Gasteiger charge is -2.34. The number of hydrogen-bond acceptors (Lipinski definition) is 8. The Bertz CT molecular complexity index is 1200. The zero-order valence-electron chi connectivity index (χ0n) is 20.5. The molecular formula is C25H34N6O4. The molecule has 2 fully saturated rings. The Labute approximate surface area is 204 Å². The van der Waals surface area contributed by atoms with Crippen LogP contribution in [0.1, 0.15) is 56.3 Å². The number of pyridine rings is 1. The number of ether oxygens (including phenoxy) is 3. The number of rotatable bonds is 9. The smallest absolute Gasteiger partial charge is 0.252 e. The van der Waals surface area contributed by atoms with Crippen molar-refractivity contribution in [1.29, 1.82) is 0 Å². The Balaban J connectivity index is 1.42. The van der Waals surface area contributed by atoms with Crippen molar-refractivity contribution in [2.24, 2.45) is 0 Å². The van der Waals surface area contributed by atoms with Crippen LogP contribution in [0.4, 0.5) is 0 Å². The number of aromatic nitrogens is 5. The first kappa shape index (κ1) is 23.7. The van der Waals surface area contributed by atoms with Crippen molar-refractivity contribution in [2.45, 2.75) is 76.7 Å². The van der Waals surface area contributed by atoms with Crippen LogP contribution in [0.5, 0.6) is 11.5 Å². The van der Waals surface area contributed by atoms with Crippen LogP contribution in [0.2, 0.25) is 0 Å². The lowest BCUT2D eigenvalue weighted by Crippen LogP contribution is -2.38. The maximum Gasteiger partial charge on any atom is 0.252 e. The molecule has 1 aromatic carbocycles. The number of tetrazole rings is 1. The highest BCUT2D eigenvalue weighted by Gasteiger charge is 2.26. The zero-order chi connectivity index (χ0) is 24.2. The standard InChI is InChI=1S/C25H34N6O4/c1-33-22-12-17-11-18(25(32)26-21(17)13-23(22)34-2)14-30(19-7-4-3-5-8-19)16-24-27-28-29-31(24)15-20-9-6-10-35-20/h11-13,19-20H,3-10,14-16H2,1-2H3,(H,26,32)/t20-/m0/s1. The lowest BCUT2D eigenvalue weighted by atomic mass is 9.93. The third-order valence-electron chi connectivity index (χ3n) is 7.24. The molecular weight excluding hydrogens is 448 g/mol. The van der Waals surface area contributed by atoms with Gasteiger partial charge in [-0.15, -0.1) is 5.10 Å². The van der Waals surface area contributed by atoms with Gasteiger partial charge in [0, 0.05) is 36.2 Å². The van der Waals surface area contributed by atoms with Crippen molar-refractivity contribution in [3.8, 4) is 11.5 Å². The van der Waals surface area contributed by atoms with E-state index < -0.39 is 0 Å². The minimum absolute atomic E-state index is 0.0931. The molecule has 10 heteroatoms. The Morgan fingerprint density at radius 3 is 2.60 bits per heavy atom. The van der Waals surface area contributed by atoms with Gasteiger partial charge in [0.05, 0.1) is 38.9 Å². The van der Waals surface area contributed by atoms with Crippen LogP contribution in [0, 0.1) is 0 Å². The number of fused-ring (bicyclic) bond motifs is 1. The molecule has 1 saturated heterocycles. The molecule has 0 radical (unpaired) electrons. The molecule has 1 saturated carbocycles. The average molecular weight is 483 g/mol. The van der Waals surface area contributed by atoms with Gasteiger partial charge >= 0.3 is 0 Å². The fourth-order valence-corrected chi connectivity index (χ4v) is 5.32. The molecule has 5 rings (SSSR count). The summed E-state index contributed by atoms with van der Waals surface area (Å²) in [5, 5.41) is 13.4. The summed E-state index contributed by atoms with van der Waals surface area (Å²) in [5.41, 5.74) is 1.35. The predicted molar refractivity (Wildman–Crippen MR) is 131 cm³/mol. The first-order valence-electron chi connectivity index (χ1n) is 12.5. The van der Waals surface area contributed by atoms with Gasteiger partial charge in [0.1, 0.15) is 0 Å². The van der Waals surface area contributed by atoms with Gasteiger partial charge in [0.2, 0.25) is 0 Å². The molecule has 0 amide bonds. The third-order valence-corrected chi connectivity index (χ3v) is 7.24. The molecule has 2 aliphatic rings. The molecule has 10 nitrogen and oxygen atoms in total. The summed E-state index contributed by atoms with van der Waals surface area (Å²) in [6, 6.07) is 6.05. The fraction of sp³-hybridized carbons (Fsp3) is 0.600. The Kier molecular flexibility index (Phi) is 7.29. The van der Waals surface area contributed by atoms with Crippen LogP contribution in [0.15, 0.2) is 23.0 Å². The van der Waals surface area contributed by atoms with Crippen molar-refractivity contribution in [3.05, 3.63) is 39.9 Å². The van der Waals surface area contributed by atoms with E-state index in [1.165, 1.54) is 19.3 Å². The highest BCUT2D eigenvalue weighted by atomic mass is 16.5. The molecule has 1 N–H and O–H groups in total.